The van der Waals surface area contributed by atoms with Gasteiger partial charge in [-0.1, -0.05) is 23.2 Å². The summed E-state index contributed by atoms with van der Waals surface area (Å²) in [6, 6.07) is 1.74. The number of nitrogens with zero attached hydrogens (tertiary/aromatic N) is 3. The molecule has 0 bridgehead atoms. The Balaban J connectivity index is 3.40. The zero-order valence-corrected chi connectivity index (χ0v) is 7.24. The summed E-state index contributed by atoms with van der Waals surface area (Å²) in [6.45, 7) is 0. The first kappa shape index (κ1) is 8.54. The lowest BCUT2D eigenvalue weighted by atomic mass is 10.4. The van der Waals surface area contributed by atoms with Gasteiger partial charge in [0.05, 0.1) is 0 Å². The van der Waals surface area contributed by atoms with Crippen LogP contribution in [-0.2, 0) is 0 Å². The molecule has 6 heteroatoms. The summed E-state index contributed by atoms with van der Waals surface area (Å²) >= 11 is 16.4. The molecule has 0 unspecified atom stereocenters. The molecular weight excluding hydrogens is 208 g/mol. The molecule has 0 spiro atoms. The lowest BCUT2D eigenvalue weighted by molar-refractivity contribution is 1.15. The molecule has 3 nitrogen and oxygen atoms in total. The molecule has 0 N–H and O–H groups in total. The SMILES string of the molecule is N#Cc1c(Cl)nc(Cl)nc1Cl. The van der Waals surface area contributed by atoms with Crippen LogP contribution in [-0.4, -0.2) is 9.97 Å². The zero-order valence-electron chi connectivity index (χ0n) is 4.98. The van der Waals surface area contributed by atoms with Crippen LogP contribution >= 0.6 is 34.8 Å². The molecule has 1 aromatic heterocycles. The maximum absolute atomic E-state index is 8.45. The van der Waals surface area contributed by atoms with Gasteiger partial charge < -0.3 is 0 Å². The van der Waals surface area contributed by atoms with Crippen LogP contribution < -0.4 is 0 Å². The smallest absolute Gasteiger partial charge is 0.204 e. The molecule has 11 heavy (non-hydrogen) atoms. The standard InChI is InChI=1S/C5Cl3N3/c6-3-2(1-9)4(7)11-5(8)10-3. The largest absolute Gasteiger partial charge is 0.225 e. The van der Waals surface area contributed by atoms with E-state index in [2.05, 4.69) is 9.97 Å². The Morgan fingerprint density at radius 1 is 1.09 bits per heavy atom. The molecule has 56 valence electrons. The van der Waals surface area contributed by atoms with Crippen molar-refractivity contribution in [3.8, 4) is 6.07 Å². The van der Waals surface area contributed by atoms with Crippen molar-refractivity contribution < 1.29 is 0 Å². The highest BCUT2D eigenvalue weighted by Crippen LogP contribution is 2.21. The molecule has 0 amide bonds. The van der Waals surface area contributed by atoms with Crippen LogP contribution in [0.15, 0.2) is 0 Å². The highest BCUT2D eigenvalue weighted by atomic mass is 35.5. The van der Waals surface area contributed by atoms with Crippen molar-refractivity contribution in [1.82, 2.24) is 9.97 Å². The number of hydrogen-bond donors (Lipinski definition) is 0. The summed E-state index contributed by atoms with van der Waals surface area (Å²) in [6.07, 6.45) is 0. The Kier molecular flexibility index (Phi) is 2.50. The first-order chi connectivity index (χ1) is 5.15. The van der Waals surface area contributed by atoms with Crippen molar-refractivity contribution in [1.29, 1.82) is 5.26 Å². The number of aromatic nitrogens is 2. The van der Waals surface area contributed by atoms with Crippen molar-refractivity contribution in [2.24, 2.45) is 0 Å². The molecule has 0 aliphatic rings. The minimum atomic E-state index is -0.0704. The van der Waals surface area contributed by atoms with E-state index in [1.165, 1.54) is 0 Å². The average molecular weight is 208 g/mol. The van der Waals surface area contributed by atoms with Crippen molar-refractivity contribution in [2.75, 3.05) is 0 Å². The van der Waals surface area contributed by atoms with Gasteiger partial charge in [0.15, 0.2) is 10.3 Å². The van der Waals surface area contributed by atoms with Gasteiger partial charge in [0.2, 0.25) is 5.28 Å². The van der Waals surface area contributed by atoms with Gasteiger partial charge in [0, 0.05) is 0 Å². The second-order valence-corrected chi connectivity index (χ2v) is 2.62. The first-order valence-corrected chi connectivity index (χ1v) is 3.57. The van der Waals surface area contributed by atoms with Gasteiger partial charge in [-0.2, -0.15) is 5.26 Å². The Hall–Kier alpha value is -0.560. The molecular formula is C5Cl3N3. The van der Waals surface area contributed by atoms with Crippen molar-refractivity contribution in [3.05, 3.63) is 21.2 Å². The highest BCUT2D eigenvalue weighted by Gasteiger charge is 2.08. The molecule has 0 saturated heterocycles. The van der Waals surface area contributed by atoms with Gasteiger partial charge in [-0.3, -0.25) is 0 Å². The molecule has 0 radical (unpaired) electrons. The molecule has 1 rings (SSSR count). The normalized spacial score (nSPS) is 9.27. The molecule has 1 aromatic rings. The van der Waals surface area contributed by atoms with E-state index in [1.807, 2.05) is 0 Å². The van der Waals surface area contributed by atoms with E-state index in [0.717, 1.165) is 0 Å². The van der Waals surface area contributed by atoms with Gasteiger partial charge in [-0.25, -0.2) is 9.97 Å². The molecule has 0 aromatic carbocycles. The molecule has 0 atom stereocenters. The lowest BCUT2D eigenvalue weighted by Gasteiger charge is -1.95. The molecule has 0 saturated carbocycles. The number of hydrogen-bond acceptors (Lipinski definition) is 3. The van der Waals surface area contributed by atoms with Gasteiger partial charge in [-0.05, 0) is 11.6 Å². The third-order valence-electron chi connectivity index (χ3n) is 0.905. The Morgan fingerprint density at radius 2 is 1.55 bits per heavy atom. The van der Waals surface area contributed by atoms with Crippen LogP contribution in [0.2, 0.25) is 15.6 Å². The minimum absolute atomic E-state index is 0.0301. The second kappa shape index (κ2) is 3.22. The van der Waals surface area contributed by atoms with E-state index in [9.17, 15) is 0 Å². The number of rotatable bonds is 0. The fourth-order valence-electron chi connectivity index (χ4n) is 0.476. The van der Waals surface area contributed by atoms with E-state index >= 15 is 0 Å². The fraction of sp³-hybridized carbons (Fsp3) is 0. The summed E-state index contributed by atoms with van der Waals surface area (Å²) in [5.41, 5.74) is 0.0396. The Labute approximate surface area is 77.5 Å². The lowest BCUT2D eigenvalue weighted by Crippen LogP contribution is -1.89. The van der Waals surface area contributed by atoms with E-state index in [-0.39, 0.29) is 21.2 Å². The van der Waals surface area contributed by atoms with Gasteiger partial charge in [0.25, 0.3) is 0 Å². The first-order valence-electron chi connectivity index (χ1n) is 2.43. The summed E-state index contributed by atoms with van der Waals surface area (Å²) in [5.74, 6) is 0. The van der Waals surface area contributed by atoms with Crippen LogP contribution in [0.5, 0.6) is 0 Å². The van der Waals surface area contributed by atoms with E-state index in [1.54, 1.807) is 6.07 Å². The maximum atomic E-state index is 8.45. The third kappa shape index (κ3) is 1.72. The van der Waals surface area contributed by atoms with Gasteiger partial charge in [-0.15, -0.1) is 0 Å². The van der Waals surface area contributed by atoms with Crippen LogP contribution in [0, 0.1) is 11.3 Å². The third-order valence-corrected chi connectivity index (χ3v) is 1.62. The summed E-state index contributed by atoms with van der Waals surface area (Å²) in [5, 5.41) is 8.32. The maximum Gasteiger partial charge on any atom is 0.225 e. The average Bonchev–Trinajstić information content (AvgIpc) is 1.85. The monoisotopic (exact) mass is 207 g/mol. The summed E-state index contributed by atoms with van der Waals surface area (Å²) in [4.78, 5) is 7.04. The fourth-order valence-corrected chi connectivity index (χ4v) is 1.20. The molecule has 0 fully saturated rings. The summed E-state index contributed by atoms with van der Waals surface area (Å²) in [7, 11) is 0. The number of halogens is 3. The van der Waals surface area contributed by atoms with Gasteiger partial charge >= 0.3 is 0 Å². The van der Waals surface area contributed by atoms with Crippen molar-refractivity contribution >= 4 is 34.8 Å². The minimum Gasteiger partial charge on any atom is -0.204 e. The zero-order chi connectivity index (χ0) is 8.43. The Bertz CT molecular complexity index is 307. The summed E-state index contributed by atoms with van der Waals surface area (Å²) < 4.78 is 0. The van der Waals surface area contributed by atoms with Crippen LogP contribution in [0.3, 0.4) is 0 Å². The highest BCUT2D eigenvalue weighted by molar-refractivity contribution is 6.36. The van der Waals surface area contributed by atoms with E-state index < -0.39 is 0 Å². The van der Waals surface area contributed by atoms with Gasteiger partial charge in [0.1, 0.15) is 11.6 Å². The molecule has 1 heterocycles. The van der Waals surface area contributed by atoms with E-state index in [0.29, 0.717) is 0 Å². The number of nitriles is 1. The second-order valence-electron chi connectivity index (χ2n) is 1.56. The predicted octanol–water partition coefficient (Wildman–Crippen LogP) is 2.31. The van der Waals surface area contributed by atoms with Crippen LogP contribution in [0.4, 0.5) is 0 Å². The predicted molar refractivity (Wildman–Crippen MR) is 41.8 cm³/mol. The van der Waals surface area contributed by atoms with Crippen molar-refractivity contribution in [3.63, 3.8) is 0 Å². The molecule has 0 aliphatic carbocycles. The topological polar surface area (TPSA) is 49.6 Å². The van der Waals surface area contributed by atoms with Crippen LogP contribution in [0.1, 0.15) is 5.56 Å². The quantitative estimate of drug-likeness (QED) is 0.485. The van der Waals surface area contributed by atoms with Crippen LogP contribution in [0.25, 0.3) is 0 Å². The van der Waals surface area contributed by atoms with Crippen molar-refractivity contribution in [2.45, 2.75) is 0 Å². The van der Waals surface area contributed by atoms with E-state index in [4.69, 9.17) is 40.1 Å². The molecule has 0 aliphatic heterocycles. The Morgan fingerprint density at radius 3 is 1.91 bits per heavy atom.